The second kappa shape index (κ2) is 7.18. The first-order chi connectivity index (χ1) is 11.6. The van der Waals surface area contributed by atoms with Gasteiger partial charge in [-0.3, -0.25) is 9.36 Å². The van der Waals surface area contributed by atoms with E-state index in [-0.39, 0.29) is 5.56 Å². The van der Waals surface area contributed by atoms with Crippen LogP contribution in [-0.4, -0.2) is 16.2 Å². The van der Waals surface area contributed by atoms with Gasteiger partial charge in [-0.1, -0.05) is 19.1 Å². The van der Waals surface area contributed by atoms with Crippen LogP contribution in [0.2, 0.25) is 0 Å². The third-order valence-corrected chi connectivity index (χ3v) is 5.04. The van der Waals surface area contributed by atoms with Crippen LogP contribution in [0.3, 0.4) is 0 Å². The summed E-state index contributed by atoms with van der Waals surface area (Å²) in [6.45, 7) is 7.23. The minimum absolute atomic E-state index is 0.0501. The predicted octanol–water partition coefficient (Wildman–Crippen LogP) is 4.11. The highest BCUT2D eigenvalue weighted by Gasteiger charge is 2.10. The molecule has 2 aromatic heterocycles. The van der Waals surface area contributed by atoms with E-state index in [1.165, 1.54) is 5.56 Å². The number of nitrogens with zero attached hydrogens (tertiary/aromatic N) is 2. The standard InChI is InChI=1S/C19H22N2O2S/c1-4-15-6-8-16(9-7-15)23-11-5-10-21-14(3)20-18-17(19(21)22)12-13(2)24-18/h6-9,12H,4-5,10-11H2,1-3H3. The Hall–Kier alpha value is -2.14. The Labute approximate surface area is 145 Å². The van der Waals surface area contributed by atoms with Crippen LogP contribution in [0.5, 0.6) is 5.75 Å². The van der Waals surface area contributed by atoms with E-state index in [9.17, 15) is 4.79 Å². The molecular formula is C19H22N2O2S. The molecule has 126 valence electrons. The van der Waals surface area contributed by atoms with Gasteiger partial charge in [-0.05, 0) is 50.5 Å². The third kappa shape index (κ3) is 3.51. The number of fused-ring (bicyclic) bond motifs is 1. The number of hydrogen-bond acceptors (Lipinski definition) is 4. The molecule has 0 spiro atoms. The number of hydrogen-bond donors (Lipinski definition) is 0. The lowest BCUT2D eigenvalue weighted by molar-refractivity contribution is 0.300. The molecule has 2 heterocycles. The van der Waals surface area contributed by atoms with Gasteiger partial charge in [0.2, 0.25) is 0 Å². The molecule has 3 rings (SSSR count). The fraction of sp³-hybridized carbons (Fsp3) is 0.368. The predicted molar refractivity (Wildman–Crippen MR) is 99.3 cm³/mol. The smallest absolute Gasteiger partial charge is 0.262 e. The summed E-state index contributed by atoms with van der Waals surface area (Å²) in [4.78, 5) is 19.1. The SMILES string of the molecule is CCc1ccc(OCCCn2c(C)nc3sc(C)cc3c2=O)cc1. The van der Waals surface area contributed by atoms with Gasteiger partial charge in [0.15, 0.2) is 0 Å². The first-order valence-corrected chi connectivity index (χ1v) is 9.09. The summed E-state index contributed by atoms with van der Waals surface area (Å²) in [7, 11) is 0. The van der Waals surface area contributed by atoms with Gasteiger partial charge in [0.1, 0.15) is 16.4 Å². The van der Waals surface area contributed by atoms with Crippen molar-refractivity contribution >= 4 is 21.6 Å². The molecule has 0 bridgehead atoms. The minimum Gasteiger partial charge on any atom is -0.494 e. The summed E-state index contributed by atoms with van der Waals surface area (Å²) < 4.78 is 7.51. The highest BCUT2D eigenvalue weighted by molar-refractivity contribution is 7.18. The number of aryl methyl sites for hydroxylation is 3. The average molecular weight is 342 g/mol. The second-order valence-corrected chi connectivity index (χ2v) is 7.13. The lowest BCUT2D eigenvalue weighted by atomic mass is 10.2. The van der Waals surface area contributed by atoms with Crippen LogP contribution in [0.1, 0.15) is 29.6 Å². The van der Waals surface area contributed by atoms with Crippen LogP contribution in [-0.2, 0) is 13.0 Å². The highest BCUT2D eigenvalue weighted by atomic mass is 32.1. The zero-order valence-corrected chi connectivity index (χ0v) is 15.2. The van der Waals surface area contributed by atoms with Gasteiger partial charge in [0.05, 0.1) is 12.0 Å². The molecule has 1 aromatic carbocycles. The van der Waals surface area contributed by atoms with Crippen LogP contribution in [0, 0.1) is 13.8 Å². The third-order valence-electron chi connectivity index (χ3n) is 4.09. The summed E-state index contributed by atoms with van der Waals surface area (Å²) >= 11 is 1.57. The van der Waals surface area contributed by atoms with Gasteiger partial charge in [-0.15, -0.1) is 11.3 Å². The molecule has 24 heavy (non-hydrogen) atoms. The van der Waals surface area contributed by atoms with Crippen molar-refractivity contribution in [3.8, 4) is 5.75 Å². The summed E-state index contributed by atoms with van der Waals surface area (Å²) in [6.07, 6.45) is 1.80. The maximum atomic E-state index is 12.6. The molecule has 0 saturated heterocycles. The van der Waals surface area contributed by atoms with Crippen molar-refractivity contribution in [1.29, 1.82) is 0 Å². The molecule has 0 radical (unpaired) electrons. The first kappa shape index (κ1) is 16.7. The van der Waals surface area contributed by atoms with Crippen molar-refractivity contribution in [3.05, 3.63) is 57.0 Å². The zero-order chi connectivity index (χ0) is 17.1. The number of thiophene rings is 1. The van der Waals surface area contributed by atoms with Gasteiger partial charge in [0.25, 0.3) is 5.56 Å². The van der Waals surface area contributed by atoms with E-state index in [0.717, 1.165) is 39.5 Å². The Morgan fingerprint density at radius 1 is 1.21 bits per heavy atom. The monoisotopic (exact) mass is 342 g/mol. The fourth-order valence-electron chi connectivity index (χ4n) is 2.74. The van der Waals surface area contributed by atoms with Crippen molar-refractivity contribution < 1.29 is 4.74 Å². The molecule has 0 fully saturated rings. The van der Waals surface area contributed by atoms with Crippen LogP contribution in [0.4, 0.5) is 0 Å². The first-order valence-electron chi connectivity index (χ1n) is 8.28. The fourth-order valence-corrected chi connectivity index (χ4v) is 3.65. The van der Waals surface area contributed by atoms with Gasteiger partial charge in [0, 0.05) is 11.4 Å². The number of aromatic nitrogens is 2. The Kier molecular flexibility index (Phi) is 5.00. The van der Waals surface area contributed by atoms with E-state index in [1.807, 2.05) is 32.0 Å². The number of ether oxygens (including phenoxy) is 1. The number of benzene rings is 1. The average Bonchev–Trinajstić information content (AvgIpc) is 2.95. The second-order valence-electron chi connectivity index (χ2n) is 5.89. The van der Waals surface area contributed by atoms with E-state index in [1.54, 1.807) is 15.9 Å². The van der Waals surface area contributed by atoms with Gasteiger partial charge < -0.3 is 4.74 Å². The lowest BCUT2D eigenvalue weighted by Gasteiger charge is -2.10. The van der Waals surface area contributed by atoms with Crippen LogP contribution >= 0.6 is 11.3 Å². The van der Waals surface area contributed by atoms with Gasteiger partial charge >= 0.3 is 0 Å². The van der Waals surface area contributed by atoms with Gasteiger partial charge in [-0.2, -0.15) is 0 Å². The van der Waals surface area contributed by atoms with Crippen LogP contribution < -0.4 is 10.3 Å². The minimum atomic E-state index is 0.0501. The van der Waals surface area contributed by atoms with E-state index < -0.39 is 0 Å². The number of rotatable bonds is 6. The Bertz CT molecular complexity index is 894. The normalized spacial score (nSPS) is 11.1. The molecule has 3 aromatic rings. The molecule has 0 amide bonds. The molecule has 0 aliphatic carbocycles. The molecule has 4 nitrogen and oxygen atoms in total. The molecule has 0 saturated carbocycles. The summed E-state index contributed by atoms with van der Waals surface area (Å²) in [5.74, 6) is 1.64. The van der Waals surface area contributed by atoms with Crippen molar-refractivity contribution in [2.45, 2.75) is 40.2 Å². The summed E-state index contributed by atoms with van der Waals surface area (Å²) in [5.41, 5.74) is 1.35. The van der Waals surface area contributed by atoms with Gasteiger partial charge in [-0.25, -0.2) is 4.98 Å². The van der Waals surface area contributed by atoms with E-state index in [4.69, 9.17) is 4.74 Å². The lowest BCUT2D eigenvalue weighted by Crippen LogP contribution is -2.24. The topological polar surface area (TPSA) is 44.1 Å². The molecule has 0 aliphatic heterocycles. The molecular weight excluding hydrogens is 320 g/mol. The summed E-state index contributed by atoms with van der Waals surface area (Å²) in [5, 5.41) is 0.721. The Balaban J connectivity index is 1.64. The van der Waals surface area contributed by atoms with Crippen molar-refractivity contribution in [2.24, 2.45) is 0 Å². The van der Waals surface area contributed by atoms with Crippen molar-refractivity contribution in [1.82, 2.24) is 9.55 Å². The Morgan fingerprint density at radius 2 is 1.96 bits per heavy atom. The molecule has 0 unspecified atom stereocenters. The van der Waals surface area contributed by atoms with Crippen molar-refractivity contribution in [2.75, 3.05) is 6.61 Å². The zero-order valence-electron chi connectivity index (χ0n) is 14.3. The molecule has 0 N–H and O–H groups in total. The van der Waals surface area contributed by atoms with Crippen LogP contribution in [0.15, 0.2) is 35.1 Å². The van der Waals surface area contributed by atoms with E-state index in [0.29, 0.717) is 13.2 Å². The molecule has 0 aliphatic rings. The molecule has 5 heteroatoms. The van der Waals surface area contributed by atoms with Crippen LogP contribution in [0.25, 0.3) is 10.2 Å². The Morgan fingerprint density at radius 3 is 2.67 bits per heavy atom. The molecule has 0 atom stereocenters. The van der Waals surface area contributed by atoms with Crippen molar-refractivity contribution in [3.63, 3.8) is 0 Å². The summed E-state index contributed by atoms with van der Waals surface area (Å²) in [6, 6.07) is 10.1. The maximum Gasteiger partial charge on any atom is 0.262 e. The largest absolute Gasteiger partial charge is 0.494 e. The maximum absolute atomic E-state index is 12.6. The van der Waals surface area contributed by atoms with E-state index in [2.05, 4.69) is 24.0 Å². The quantitative estimate of drug-likeness (QED) is 0.633. The van der Waals surface area contributed by atoms with E-state index >= 15 is 0 Å². The highest BCUT2D eigenvalue weighted by Crippen LogP contribution is 2.20.